The van der Waals surface area contributed by atoms with Gasteiger partial charge in [-0.25, -0.2) is 4.68 Å². The Morgan fingerprint density at radius 2 is 2.23 bits per heavy atom. The van der Waals surface area contributed by atoms with E-state index in [4.69, 9.17) is 4.42 Å². The second kappa shape index (κ2) is 7.33. The summed E-state index contributed by atoms with van der Waals surface area (Å²) >= 11 is 1.35. The quantitative estimate of drug-likeness (QED) is 0.672. The molecule has 0 spiro atoms. The molecule has 4 rings (SSSR count). The normalized spacial score (nSPS) is 13.0. The summed E-state index contributed by atoms with van der Waals surface area (Å²) in [5, 5.41) is 16.6. The van der Waals surface area contributed by atoms with Gasteiger partial charge in [0.15, 0.2) is 5.82 Å². The van der Waals surface area contributed by atoms with Crippen molar-refractivity contribution >= 4 is 17.7 Å². The number of rotatable bonds is 6. The maximum Gasteiger partial charge on any atom is 0.230 e. The van der Waals surface area contributed by atoms with Crippen molar-refractivity contribution in [1.82, 2.24) is 25.3 Å². The fourth-order valence-electron chi connectivity index (χ4n) is 3.07. The molecule has 3 aromatic heterocycles. The Kier molecular flexibility index (Phi) is 4.75. The van der Waals surface area contributed by atoms with E-state index < -0.39 is 0 Å². The fourth-order valence-corrected chi connectivity index (χ4v) is 3.71. The van der Waals surface area contributed by atoms with E-state index in [-0.39, 0.29) is 11.7 Å². The van der Waals surface area contributed by atoms with Gasteiger partial charge in [0.1, 0.15) is 10.8 Å². The van der Waals surface area contributed by atoms with E-state index in [1.54, 1.807) is 12.3 Å². The summed E-state index contributed by atoms with van der Waals surface area (Å²) in [4.78, 5) is 11.9. The zero-order valence-corrected chi connectivity index (χ0v) is 15.3. The smallest absolute Gasteiger partial charge is 0.230 e. The number of hydrogen-bond acceptors (Lipinski definition) is 6. The predicted octanol–water partition coefficient (Wildman–Crippen LogP) is 2.46. The number of hydrogen-bond donors (Lipinski definition) is 1. The van der Waals surface area contributed by atoms with Gasteiger partial charge in [-0.3, -0.25) is 4.79 Å². The summed E-state index contributed by atoms with van der Waals surface area (Å²) in [6, 6.07) is 7.39. The highest BCUT2D eigenvalue weighted by Gasteiger charge is 2.20. The average Bonchev–Trinajstić information content (AvgIpc) is 3.38. The largest absolute Gasteiger partial charge is 0.467 e. The Morgan fingerprint density at radius 1 is 1.31 bits per heavy atom. The number of furan rings is 1. The zero-order chi connectivity index (χ0) is 17.9. The second-order valence-corrected chi connectivity index (χ2v) is 7.15. The molecule has 7 nitrogen and oxygen atoms in total. The van der Waals surface area contributed by atoms with Gasteiger partial charge in [-0.05, 0) is 56.0 Å². The van der Waals surface area contributed by atoms with Gasteiger partial charge in [-0.1, -0.05) is 11.8 Å². The average molecular weight is 369 g/mol. The monoisotopic (exact) mass is 369 g/mol. The number of nitrogens with one attached hydrogen (secondary N) is 1. The zero-order valence-electron chi connectivity index (χ0n) is 14.4. The molecule has 0 radical (unpaired) electrons. The minimum atomic E-state index is -0.0726. The molecule has 26 heavy (non-hydrogen) atoms. The first-order valence-electron chi connectivity index (χ1n) is 8.54. The lowest BCUT2D eigenvalue weighted by Crippen LogP contribution is -2.24. The van der Waals surface area contributed by atoms with Gasteiger partial charge in [0, 0.05) is 5.69 Å². The molecule has 0 aromatic carbocycles. The number of carbonyl (C=O) groups excluding carboxylic acids is 1. The van der Waals surface area contributed by atoms with Crippen molar-refractivity contribution in [3.05, 3.63) is 53.2 Å². The number of fused-ring (bicyclic) bond motifs is 1. The first-order chi connectivity index (χ1) is 12.7. The van der Waals surface area contributed by atoms with Crippen molar-refractivity contribution in [2.24, 2.45) is 0 Å². The maximum absolute atomic E-state index is 11.9. The van der Waals surface area contributed by atoms with Gasteiger partial charge in [0.2, 0.25) is 5.91 Å². The van der Waals surface area contributed by atoms with Crippen LogP contribution in [0.1, 0.15) is 29.1 Å². The molecule has 0 bridgehead atoms. The number of aromatic nitrogens is 4. The molecule has 0 fully saturated rings. The maximum atomic E-state index is 11.9. The molecule has 134 valence electrons. The summed E-state index contributed by atoms with van der Waals surface area (Å²) in [7, 11) is 0. The topological polar surface area (TPSA) is 85.8 Å². The Balaban J connectivity index is 1.34. The summed E-state index contributed by atoms with van der Waals surface area (Å²) in [6.07, 6.45) is 4.90. The number of aryl methyl sites for hydroxylation is 1. The van der Waals surface area contributed by atoms with Crippen LogP contribution in [0.5, 0.6) is 0 Å². The minimum Gasteiger partial charge on any atom is -0.467 e. The highest BCUT2D eigenvalue weighted by Crippen LogP contribution is 2.26. The van der Waals surface area contributed by atoms with Gasteiger partial charge < -0.3 is 9.73 Å². The molecule has 0 atom stereocenters. The van der Waals surface area contributed by atoms with Crippen molar-refractivity contribution in [2.75, 3.05) is 5.75 Å². The van der Waals surface area contributed by atoms with Crippen LogP contribution in [-0.2, 0) is 24.2 Å². The highest BCUT2D eigenvalue weighted by atomic mass is 32.2. The number of amides is 1. The van der Waals surface area contributed by atoms with E-state index in [1.807, 2.05) is 22.9 Å². The number of carbonyl (C=O) groups is 1. The molecule has 1 aliphatic rings. The molecule has 1 aliphatic carbocycles. The second-order valence-electron chi connectivity index (χ2n) is 6.15. The van der Waals surface area contributed by atoms with E-state index in [9.17, 15) is 4.79 Å². The lowest BCUT2D eigenvalue weighted by molar-refractivity contribution is -0.118. The van der Waals surface area contributed by atoms with Gasteiger partial charge in [0.05, 0.1) is 24.3 Å². The van der Waals surface area contributed by atoms with Crippen molar-refractivity contribution < 1.29 is 9.21 Å². The van der Waals surface area contributed by atoms with Crippen LogP contribution in [-0.4, -0.2) is 31.6 Å². The Bertz CT molecular complexity index is 903. The van der Waals surface area contributed by atoms with E-state index in [0.29, 0.717) is 17.4 Å². The van der Waals surface area contributed by atoms with Crippen LogP contribution < -0.4 is 5.32 Å². The summed E-state index contributed by atoms with van der Waals surface area (Å²) < 4.78 is 7.04. The lowest BCUT2D eigenvalue weighted by atomic mass is 10.2. The van der Waals surface area contributed by atoms with Crippen LogP contribution in [0, 0.1) is 6.92 Å². The van der Waals surface area contributed by atoms with E-state index >= 15 is 0 Å². The van der Waals surface area contributed by atoms with E-state index in [1.165, 1.54) is 29.4 Å². The molecule has 3 heterocycles. The highest BCUT2D eigenvalue weighted by molar-refractivity contribution is 7.99. The van der Waals surface area contributed by atoms with Gasteiger partial charge in [-0.2, -0.15) is 5.10 Å². The minimum absolute atomic E-state index is 0.0726. The third-order valence-corrected chi connectivity index (χ3v) is 5.32. The number of nitrogens with zero attached hydrogens (tertiary/aromatic N) is 4. The Labute approximate surface area is 155 Å². The molecule has 0 saturated carbocycles. The van der Waals surface area contributed by atoms with Crippen LogP contribution in [0.2, 0.25) is 0 Å². The molecule has 0 unspecified atom stereocenters. The van der Waals surface area contributed by atoms with Gasteiger partial charge >= 0.3 is 0 Å². The lowest BCUT2D eigenvalue weighted by Gasteiger charge is -2.05. The van der Waals surface area contributed by atoms with Crippen molar-refractivity contribution in [2.45, 2.75) is 37.8 Å². The predicted molar refractivity (Wildman–Crippen MR) is 97.2 cm³/mol. The molecular weight excluding hydrogens is 350 g/mol. The fraction of sp³-hybridized carbons (Fsp3) is 0.333. The molecule has 8 heteroatoms. The first-order valence-corrected chi connectivity index (χ1v) is 9.52. The standard InChI is InChI=1S/C18H19N5O2S/c1-12-14-5-2-6-15(14)22-23(12)16-7-8-18(21-20-16)26-11-17(24)19-10-13-4-3-9-25-13/h3-4,7-9H,2,5-6,10-11H2,1H3,(H,19,24). The van der Waals surface area contributed by atoms with Crippen LogP contribution in [0.4, 0.5) is 0 Å². The molecule has 0 saturated heterocycles. The van der Waals surface area contributed by atoms with Crippen LogP contribution >= 0.6 is 11.8 Å². The van der Waals surface area contributed by atoms with Gasteiger partial charge in [0.25, 0.3) is 0 Å². The summed E-state index contributed by atoms with van der Waals surface area (Å²) in [5.74, 6) is 1.65. The molecule has 0 aliphatic heterocycles. The first kappa shape index (κ1) is 16.8. The van der Waals surface area contributed by atoms with E-state index in [2.05, 4.69) is 27.5 Å². The van der Waals surface area contributed by atoms with Crippen molar-refractivity contribution in [3.63, 3.8) is 0 Å². The third-order valence-electron chi connectivity index (χ3n) is 4.40. The van der Waals surface area contributed by atoms with E-state index in [0.717, 1.165) is 24.3 Å². The van der Waals surface area contributed by atoms with Gasteiger partial charge in [-0.15, -0.1) is 10.2 Å². The Morgan fingerprint density at radius 3 is 2.96 bits per heavy atom. The van der Waals surface area contributed by atoms with Crippen LogP contribution in [0.15, 0.2) is 40.0 Å². The summed E-state index contributed by atoms with van der Waals surface area (Å²) in [6.45, 7) is 2.46. The third kappa shape index (κ3) is 3.50. The molecule has 3 aromatic rings. The van der Waals surface area contributed by atoms with Crippen LogP contribution in [0.25, 0.3) is 5.82 Å². The van der Waals surface area contributed by atoms with Crippen molar-refractivity contribution in [3.8, 4) is 5.82 Å². The van der Waals surface area contributed by atoms with Crippen molar-refractivity contribution in [1.29, 1.82) is 0 Å². The Hall–Kier alpha value is -2.61. The molecule has 1 N–H and O–H groups in total. The molecule has 1 amide bonds. The summed E-state index contributed by atoms with van der Waals surface area (Å²) in [5.41, 5.74) is 3.67. The van der Waals surface area contributed by atoms with Crippen LogP contribution in [0.3, 0.4) is 0 Å². The number of thioether (sulfide) groups is 1. The molecular formula is C18H19N5O2S. The SMILES string of the molecule is Cc1c2c(nn1-c1ccc(SCC(=O)NCc3ccco3)nn1)CCC2.